The number of nitrogens with zero attached hydrogens (tertiary/aromatic N) is 6. The number of halogens is 1. The molecule has 14 N–H and O–H groups in total. The Labute approximate surface area is 640 Å². The maximum absolute atomic E-state index is 11.9. The van der Waals surface area contributed by atoms with E-state index in [1.165, 1.54) is 6.92 Å². The predicted molar refractivity (Wildman–Crippen MR) is 389 cm³/mol. The van der Waals surface area contributed by atoms with Crippen molar-refractivity contribution in [1.82, 2.24) is 31.0 Å². The van der Waals surface area contributed by atoms with E-state index in [1.54, 1.807) is 119 Å². The Kier molecular flexibility index (Phi) is 54.8. The Morgan fingerprint density at radius 2 is 0.942 bits per heavy atom. The Hall–Kier alpha value is -3.74. The number of aliphatic imine (C=N–C) groups is 1. The summed E-state index contributed by atoms with van der Waals surface area (Å²) < 4.78 is 46.7. The number of ether oxygens (including phenoxy) is 9. The van der Waals surface area contributed by atoms with Crippen LogP contribution in [0.5, 0.6) is 0 Å². The largest absolute Gasteiger partial charge is 1.00 e. The quantitative estimate of drug-likeness (QED) is 0.00553. The van der Waals surface area contributed by atoms with Crippen molar-refractivity contribution in [3.63, 3.8) is 0 Å². The number of carbonyl (C=O) groups excluding carboxylic acids is 5. The Morgan fingerprint density at radius 3 is 1.38 bits per heavy atom. The molecule has 0 radical (unpaired) electrons. The van der Waals surface area contributed by atoms with Crippen LogP contribution in [-0.2, 0) is 66.6 Å². The smallest absolute Gasteiger partial charge is 0.309 e. The monoisotopic (exact) mass is 1640 g/mol. The summed E-state index contributed by atoms with van der Waals surface area (Å²) in [5, 5.41) is 125. The molecule has 0 aromatic carbocycles. The molecule has 3 fully saturated rings. The van der Waals surface area contributed by atoms with E-state index >= 15 is 0 Å². The molecule has 0 saturated carbocycles. The summed E-state index contributed by atoms with van der Waals surface area (Å²) >= 11 is 0. The van der Waals surface area contributed by atoms with Crippen molar-refractivity contribution in [1.29, 1.82) is 5.39 Å². The number of amides is 2. The lowest BCUT2D eigenvalue weighted by Crippen LogP contribution is -3.00. The maximum Gasteiger partial charge on any atom is 0.309 e. The third kappa shape index (κ3) is 42.3. The lowest BCUT2D eigenvalue weighted by molar-refractivity contribution is -0.287. The average Bonchev–Trinajstić information content (AvgIpc) is 0.830. The number of diazo groups is 1. The zero-order chi connectivity index (χ0) is 75.6. The lowest BCUT2D eigenvalue weighted by Gasteiger charge is -2.40. The van der Waals surface area contributed by atoms with E-state index in [0.717, 1.165) is 56.7 Å². The number of esters is 2. The van der Waals surface area contributed by atoms with Gasteiger partial charge in [-0.05, 0) is 82.1 Å². The zero-order valence-electron chi connectivity index (χ0n) is 57.1. The van der Waals surface area contributed by atoms with E-state index in [1.807, 2.05) is 54.6 Å². The summed E-state index contributed by atoms with van der Waals surface area (Å²) in [4.78, 5) is 73.6. The Bertz CT molecular complexity index is 2870. The van der Waals surface area contributed by atoms with Gasteiger partial charge in [0.25, 0.3) is 5.39 Å². The molecule has 15 unspecified atom stereocenters. The predicted octanol–water partition coefficient (Wildman–Crippen LogP) is -2.03. The molecule has 3 aromatic heterocycles. The number of nitrogens with one attached hydrogen (secondary N) is 3. The van der Waals surface area contributed by atoms with Crippen molar-refractivity contribution in [3.05, 3.63) is 78.3 Å². The average molecular weight is 1650 g/mol. The van der Waals surface area contributed by atoms with Crippen LogP contribution in [0.2, 0.25) is 0 Å². The van der Waals surface area contributed by atoms with Gasteiger partial charge in [0.2, 0.25) is 11.8 Å². The van der Waals surface area contributed by atoms with Gasteiger partial charge >= 0.3 is 17.0 Å². The van der Waals surface area contributed by atoms with Crippen molar-refractivity contribution in [2.75, 3.05) is 108 Å². The molecular weight excluding hydrogens is 1550 g/mol. The van der Waals surface area contributed by atoms with Crippen LogP contribution in [0.3, 0.4) is 0 Å². The first-order valence-corrected chi connectivity index (χ1v) is 41.5. The number of ketones is 1. The number of carbonyl (C=O) groups is 5. The molecule has 3 aromatic rings. The molecule has 43 heteroatoms. The molecule has 3 aliphatic heterocycles. The van der Waals surface area contributed by atoms with Crippen LogP contribution < -0.4 is 28.5 Å². The molecule has 0 spiro atoms. The van der Waals surface area contributed by atoms with E-state index in [4.69, 9.17) is 53.1 Å². The first-order valence-electron chi connectivity index (χ1n) is 32.1. The molecule has 6 heterocycles. The number of rotatable bonds is 42. The van der Waals surface area contributed by atoms with E-state index in [-0.39, 0.29) is 70.5 Å². The van der Waals surface area contributed by atoms with Crippen LogP contribution in [0.4, 0.5) is 0 Å². The van der Waals surface area contributed by atoms with E-state index in [9.17, 15) is 75.0 Å². The molecular formula is C61H94ClN9O25S8. The van der Waals surface area contributed by atoms with Crippen LogP contribution in [0.25, 0.3) is 5.08 Å². The van der Waals surface area contributed by atoms with Crippen molar-refractivity contribution < 1.29 is 135 Å². The number of pyridine rings is 3. The zero-order valence-corrected chi connectivity index (χ0v) is 64.4. The van der Waals surface area contributed by atoms with Crippen molar-refractivity contribution in [2.45, 2.75) is 159 Å². The molecule has 15 atom stereocenters. The molecule has 0 bridgehead atoms. The van der Waals surface area contributed by atoms with Crippen LogP contribution in [0.15, 0.2) is 93.3 Å². The highest BCUT2D eigenvalue weighted by molar-refractivity contribution is 8.77. The van der Waals surface area contributed by atoms with Crippen molar-refractivity contribution in [2.24, 2.45) is 4.99 Å². The molecule has 3 saturated heterocycles. The topological polar surface area (TPSA) is 506 Å². The van der Waals surface area contributed by atoms with Crippen LogP contribution >= 0.6 is 86.4 Å². The summed E-state index contributed by atoms with van der Waals surface area (Å²) in [5.74, 6) is 2.91. The van der Waals surface area contributed by atoms with Gasteiger partial charge in [-0.1, -0.05) is 72.2 Å². The van der Waals surface area contributed by atoms with Crippen LogP contribution in [0.1, 0.15) is 52.4 Å². The summed E-state index contributed by atoms with van der Waals surface area (Å²) in [7, 11) is 14.6. The SMILES string of the molecule is CC(=O)NC1C(O)OC(COC(=O)CCOCCSSc2ccccn2)C(O)C1O.CN=C(CCCSSCCOCCC(C)=O)N[N+]#N.O=C(CCOCCSSc1ccccn1)NC1OC(CO)C(O)C(O)C1O.O=C(CCOCCSSc1ccccn1)OCC1OC(O)C(O)C(O)C1O.[Cl-]. The van der Waals surface area contributed by atoms with Gasteiger partial charge in [0, 0.05) is 79.6 Å². The van der Waals surface area contributed by atoms with Gasteiger partial charge in [-0.3, -0.25) is 29.0 Å². The van der Waals surface area contributed by atoms with Gasteiger partial charge < -0.3 is 122 Å². The number of aliphatic hydroxyl groups is 11. The number of aliphatic hydroxyl groups excluding tert-OH is 11. The highest BCUT2D eigenvalue weighted by Crippen LogP contribution is 2.31. The summed E-state index contributed by atoms with van der Waals surface area (Å²) in [6.45, 7) is 4.69. The Balaban J connectivity index is 0.000000475. The summed E-state index contributed by atoms with van der Waals surface area (Å²) in [6.07, 6.45) is -12.2. The van der Waals surface area contributed by atoms with Crippen LogP contribution in [0, 0.1) is 5.39 Å². The highest BCUT2D eigenvalue weighted by atomic mass is 35.5. The Morgan fingerprint density at radius 1 is 0.510 bits per heavy atom. The molecule has 3 aliphatic rings. The van der Waals surface area contributed by atoms with Gasteiger partial charge in [-0.25, -0.2) is 15.0 Å². The fraction of sp³-hybridized carbons (Fsp3) is 0.656. The minimum atomic E-state index is -1.66. The molecule has 6 rings (SSSR count). The second kappa shape index (κ2) is 59.2. The molecule has 2 amide bonds. The number of aromatic nitrogens is 3. The van der Waals surface area contributed by atoms with Crippen molar-refractivity contribution in [3.8, 4) is 0 Å². The minimum Gasteiger partial charge on any atom is -1.00 e. The molecule has 104 heavy (non-hydrogen) atoms. The summed E-state index contributed by atoms with van der Waals surface area (Å²) in [6, 6.07) is 15.9. The minimum absolute atomic E-state index is 0. The lowest BCUT2D eigenvalue weighted by atomic mass is 9.97. The standard InChI is InChI=1S/C18H26N2O8S2.C16H24N2O7S2.C16H23NO8S2.C11H21N4O2S2.ClH/c1-11(21)20-15-17(24)16(23)12(28-18(15)25)10-27-14(22)5-7-26-8-9-29-30-13-4-2-3-6-19-13;19-9-10-13(21)14(22)15(23)16(25-10)18-11(20)4-6-24-7-8-26-27-12-3-1-2-5-17-12;18-12(24-9-10-13(19)14(20)15(21)16(22)25-10)4-6-23-7-8-26-27-11-3-1-2-5-17-11;1-10(16)5-6-17-7-9-19-18-8-3-4-11(13-2)14-15-12;/h2-4,6,12,15-18,23-25H,5,7-10H2,1H3,(H,20,21);1-3,5,10,13-16,19,21-23H,4,6-9H2,(H,18,20);1-3,5,10,13-16,19-22H,4,6-9H2;3-9H2,1-2H3,(H,13,14);1H/q;;;+1;/p-1. The maximum atomic E-state index is 11.9. The van der Waals surface area contributed by atoms with Crippen molar-refractivity contribution >= 4 is 122 Å². The van der Waals surface area contributed by atoms with E-state index in [2.05, 4.69) is 41.1 Å². The highest BCUT2D eigenvalue weighted by Gasteiger charge is 2.46. The first-order chi connectivity index (χ1) is 49.6. The van der Waals surface area contributed by atoms with Gasteiger partial charge in [0.05, 0.1) is 78.7 Å². The fourth-order valence-electron chi connectivity index (χ4n) is 8.15. The number of hydrogen-bond acceptors (Lipinski definition) is 38. The van der Waals surface area contributed by atoms with Gasteiger partial charge in [0.15, 0.2) is 24.6 Å². The van der Waals surface area contributed by atoms with Gasteiger partial charge in [0.1, 0.15) is 107 Å². The van der Waals surface area contributed by atoms with Gasteiger partial charge in [-0.2, -0.15) is 0 Å². The normalized spacial score (nSPS) is 24.2. The fourth-order valence-corrected chi connectivity index (χ4v) is 15.3. The number of hydrogen-bond donors (Lipinski definition) is 14. The molecule has 34 nitrogen and oxygen atoms in total. The first kappa shape index (κ1) is 96.3. The van der Waals surface area contributed by atoms with Gasteiger partial charge in [-0.15, -0.1) is 0 Å². The number of amidine groups is 1. The van der Waals surface area contributed by atoms with E-state index in [0.29, 0.717) is 45.3 Å². The number of Topliss-reactive ketones (excluding diaryl/α,β-unsaturated/α-hetero) is 1. The third-order valence-corrected chi connectivity index (χ3v) is 22.7. The van der Waals surface area contributed by atoms with E-state index < -0.39 is 122 Å². The summed E-state index contributed by atoms with van der Waals surface area (Å²) in [5.41, 5.74) is 2.43. The molecule has 0 aliphatic carbocycles. The second-order valence-electron chi connectivity index (χ2n) is 21.5. The van der Waals surface area contributed by atoms with Crippen LogP contribution in [-0.4, -0.2) is 307 Å². The molecule has 588 valence electrons. The third-order valence-electron chi connectivity index (χ3n) is 13.5. The second-order valence-corrected chi connectivity index (χ2v) is 31.5.